The van der Waals surface area contributed by atoms with E-state index < -0.39 is 23.3 Å². The maximum atomic E-state index is 12.1. The van der Waals surface area contributed by atoms with Crippen LogP contribution in [0.3, 0.4) is 0 Å². The van der Waals surface area contributed by atoms with Crippen LogP contribution >= 0.6 is 11.3 Å². The number of carbonyl (C=O) groups excluding carboxylic acids is 2. The van der Waals surface area contributed by atoms with Crippen LogP contribution in [0.15, 0.2) is 29.1 Å². The number of carboxylic acids is 1. The number of nitrogens with one attached hydrogen (secondary N) is 1. The molecular weight excluding hydrogens is 374 g/mol. The Hall–Kier alpha value is -3.40. The highest BCUT2D eigenvalue weighted by molar-refractivity contribution is 7.14. The Morgan fingerprint density at radius 1 is 1.30 bits per heavy atom. The molecule has 0 unspecified atom stereocenters. The van der Waals surface area contributed by atoms with E-state index in [1.54, 1.807) is 13.0 Å². The summed E-state index contributed by atoms with van der Waals surface area (Å²) in [6.45, 7) is 1.64. The average molecular weight is 393 g/mol. The van der Waals surface area contributed by atoms with Crippen molar-refractivity contribution in [1.29, 1.82) is 0 Å². The van der Waals surface area contributed by atoms with Gasteiger partial charge in [0.25, 0.3) is 5.56 Å². The third-order valence-electron chi connectivity index (χ3n) is 3.38. The molecule has 0 radical (unpaired) electrons. The number of amides is 2. The number of nitrogens with zero attached hydrogens (tertiary/aromatic N) is 1. The van der Waals surface area contributed by atoms with Crippen LogP contribution in [0.2, 0.25) is 0 Å². The first-order valence-electron chi connectivity index (χ1n) is 7.50. The Labute approximate surface area is 158 Å². The van der Waals surface area contributed by atoms with Crippen LogP contribution in [-0.2, 0) is 7.05 Å². The van der Waals surface area contributed by atoms with Crippen LogP contribution in [0.25, 0.3) is 6.08 Å². The zero-order valence-electron chi connectivity index (χ0n) is 14.8. The number of ketones is 1. The van der Waals surface area contributed by atoms with E-state index in [0.717, 1.165) is 17.4 Å². The molecule has 2 aromatic rings. The monoisotopic (exact) mass is 393 g/mol. The molecule has 0 saturated heterocycles. The molecule has 2 heterocycles. The van der Waals surface area contributed by atoms with E-state index in [9.17, 15) is 24.3 Å². The van der Waals surface area contributed by atoms with Crippen molar-refractivity contribution in [3.8, 4) is 5.75 Å². The summed E-state index contributed by atoms with van der Waals surface area (Å²) in [5.41, 5.74) is 4.19. The number of hydrogen-bond donors (Lipinski definition) is 4. The second-order valence-electron chi connectivity index (χ2n) is 5.23. The molecule has 10 heteroatoms. The molecule has 0 saturated carbocycles. The minimum atomic E-state index is -1.04. The number of aromatic hydroxyl groups is 1. The molecule has 0 atom stereocenters. The van der Waals surface area contributed by atoms with E-state index in [1.165, 1.54) is 36.9 Å². The lowest BCUT2D eigenvalue weighted by molar-refractivity contribution is 0.0702. The lowest BCUT2D eigenvalue weighted by Gasteiger charge is -2.07. The maximum Gasteiger partial charge on any atom is 0.345 e. The van der Waals surface area contributed by atoms with Crippen LogP contribution in [0.4, 0.5) is 4.79 Å². The zero-order chi connectivity index (χ0) is 20.7. The van der Waals surface area contributed by atoms with Crippen molar-refractivity contribution in [2.75, 3.05) is 7.05 Å². The predicted molar refractivity (Wildman–Crippen MR) is 101 cm³/mol. The van der Waals surface area contributed by atoms with Gasteiger partial charge in [-0.15, -0.1) is 11.3 Å². The SMILES string of the molecule is CNC(N)=O.Cc1cc(O)c(C(=O)C=Cc2ccc(C(=O)O)s2)c(=O)n1C. The van der Waals surface area contributed by atoms with E-state index in [-0.39, 0.29) is 16.2 Å². The first kappa shape index (κ1) is 21.6. The summed E-state index contributed by atoms with van der Waals surface area (Å²) in [5, 5.41) is 20.8. The second-order valence-corrected chi connectivity index (χ2v) is 6.34. The Bertz CT molecular complexity index is 958. The van der Waals surface area contributed by atoms with E-state index in [1.807, 2.05) is 0 Å². The normalized spacial score (nSPS) is 10.2. The van der Waals surface area contributed by atoms with Crippen molar-refractivity contribution in [2.24, 2.45) is 12.8 Å². The lowest BCUT2D eigenvalue weighted by atomic mass is 10.1. The van der Waals surface area contributed by atoms with Crippen molar-refractivity contribution >= 4 is 35.2 Å². The highest BCUT2D eigenvalue weighted by Gasteiger charge is 2.16. The summed E-state index contributed by atoms with van der Waals surface area (Å²) in [4.78, 5) is 45.1. The van der Waals surface area contributed by atoms with Gasteiger partial charge in [-0.3, -0.25) is 9.59 Å². The molecule has 27 heavy (non-hydrogen) atoms. The molecule has 2 aromatic heterocycles. The van der Waals surface area contributed by atoms with Crippen molar-refractivity contribution < 1.29 is 24.6 Å². The second kappa shape index (κ2) is 9.34. The van der Waals surface area contributed by atoms with Crippen molar-refractivity contribution in [2.45, 2.75) is 6.92 Å². The lowest BCUT2D eigenvalue weighted by Crippen LogP contribution is -2.25. The molecule has 0 fully saturated rings. The number of rotatable bonds is 4. The minimum Gasteiger partial charge on any atom is -0.507 e. The highest BCUT2D eigenvalue weighted by atomic mass is 32.1. The molecule has 0 aliphatic heterocycles. The molecule has 0 aromatic carbocycles. The van der Waals surface area contributed by atoms with E-state index >= 15 is 0 Å². The standard InChI is InChI=1S/C15H13NO5S.C2H6N2O/c1-8-7-11(18)13(14(19)16(8)2)10(17)5-3-9-4-6-12(22-9)15(20)21;1-4-2(3)5/h3-7,18H,1-2H3,(H,20,21);1H3,(H3,3,4,5). The van der Waals surface area contributed by atoms with Crippen molar-refractivity contribution in [1.82, 2.24) is 9.88 Å². The molecule has 2 rings (SSSR count). The van der Waals surface area contributed by atoms with Gasteiger partial charge in [-0.2, -0.15) is 0 Å². The van der Waals surface area contributed by atoms with Gasteiger partial charge in [0, 0.05) is 30.7 Å². The Morgan fingerprint density at radius 2 is 1.89 bits per heavy atom. The number of carbonyl (C=O) groups is 3. The largest absolute Gasteiger partial charge is 0.507 e. The number of hydrogen-bond acceptors (Lipinski definition) is 6. The Morgan fingerprint density at radius 3 is 2.37 bits per heavy atom. The molecule has 2 amide bonds. The minimum absolute atomic E-state index is 0.154. The summed E-state index contributed by atoms with van der Waals surface area (Å²) < 4.78 is 1.27. The molecule has 0 bridgehead atoms. The summed E-state index contributed by atoms with van der Waals surface area (Å²) in [5.74, 6) is -2.04. The van der Waals surface area contributed by atoms with Gasteiger partial charge in [0.15, 0.2) is 5.78 Å². The van der Waals surface area contributed by atoms with Crippen molar-refractivity contribution in [3.63, 3.8) is 0 Å². The van der Waals surface area contributed by atoms with Gasteiger partial charge in [0.1, 0.15) is 16.2 Å². The van der Waals surface area contributed by atoms with Crippen LogP contribution in [0.5, 0.6) is 5.75 Å². The number of aromatic carboxylic acids is 1. The first-order valence-corrected chi connectivity index (χ1v) is 8.32. The van der Waals surface area contributed by atoms with Gasteiger partial charge in [-0.1, -0.05) is 0 Å². The van der Waals surface area contributed by atoms with Gasteiger partial charge in [-0.25, -0.2) is 9.59 Å². The fraction of sp³-hybridized carbons (Fsp3) is 0.176. The smallest absolute Gasteiger partial charge is 0.345 e. The number of carboxylic acid groups (broad SMARTS) is 1. The average Bonchev–Trinajstić information content (AvgIpc) is 3.08. The fourth-order valence-electron chi connectivity index (χ4n) is 1.83. The van der Waals surface area contributed by atoms with E-state index in [0.29, 0.717) is 10.6 Å². The number of thiophene rings is 1. The number of allylic oxidation sites excluding steroid dienone is 1. The predicted octanol–water partition coefficient (Wildman–Crippen LogP) is 1.34. The van der Waals surface area contributed by atoms with Gasteiger partial charge in [0.2, 0.25) is 0 Å². The topological polar surface area (TPSA) is 152 Å². The van der Waals surface area contributed by atoms with Crippen molar-refractivity contribution in [3.05, 3.63) is 55.6 Å². The molecule has 0 spiro atoms. The van der Waals surface area contributed by atoms with Gasteiger partial charge >= 0.3 is 12.0 Å². The van der Waals surface area contributed by atoms with Crippen LogP contribution < -0.4 is 16.6 Å². The summed E-state index contributed by atoms with van der Waals surface area (Å²) in [6.07, 6.45) is 2.56. The number of urea groups is 1. The van der Waals surface area contributed by atoms with E-state index in [2.05, 4.69) is 11.1 Å². The molecular formula is C17H19N3O6S. The number of nitrogens with two attached hydrogens (primary N) is 1. The van der Waals surface area contributed by atoms with Gasteiger partial charge in [-0.05, 0) is 31.2 Å². The first-order chi connectivity index (χ1) is 12.6. The third-order valence-corrected chi connectivity index (χ3v) is 4.42. The maximum absolute atomic E-state index is 12.1. The summed E-state index contributed by atoms with van der Waals surface area (Å²) in [7, 11) is 2.98. The Kier molecular flexibility index (Phi) is 7.49. The fourth-order valence-corrected chi connectivity index (χ4v) is 2.58. The van der Waals surface area contributed by atoms with Gasteiger partial charge in [0.05, 0.1) is 0 Å². The molecule has 9 nitrogen and oxygen atoms in total. The number of pyridine rings is 1. The number of primary amides is 1. The molecule has 0 aliphatic carbocycles. The highest BCUT2D eigenvalue weighted by Crippen LogP contribution is 2.19. The summed E-state index contributed by atoms with van der Waals surface area (Å²) >= 11 is 1.01. The van der Waals surface area contributed by atoms with Gasteiger partial charge < -0.3 is 25.8 Å². The quantitative estimate of drug-likeness (QED) is 0.454. The van der Waals surface area contributed by atoms with Crippen LogP contribution in [-0.4, -0.2) is 39.6 Å². The molecule has 0 aliphatic rings. The van der Waals surface area contributed by atoms with E-state index in [4.69, 9.17) is 5.11 Å². The molecule has 144 valence electrons. The summed E-state index contributed by atoms with van der Waals surface area (Å²) in [6, 6.07) is 3.84. The van der Waals surface area contributed by atoms with Crippen LogP contribution in [0.1, 0.15) is 30.6 Å². The third kappa shape index (κ3) is 5.82. The number of aromatic nitrogens is 1. The Balaban J connectivity index is 0.000000646. The molecule has 5 N–H and O–H groups in total. The zero-order valence-corrected chi connectivity index (χ0v) is 15.7. The number of aryl methyl sites for hydroxylation is 1. The van der Waals surface area contributed by atoms with Crippen LogP contribution in [0, 0.1) is 6.92 Å².